The quantitative estimate of drug-likeness (QED) is 0.715. The summed E-state index contributed by atoms with van der Waals surface area (Å²) in [6.07, 6.45) is 0.122. The lowest BCUT2D eigenvalue weighted by Gasteiger charge is -2.22. The van der Waals surface area contributed by atoms with Crippen LogP contribution in [0.15, 0.2) is 47.6 Å². The van der Waals surface area contributed by atoms with E-state index in [1.807, 2.05) is 36.4 Å². The van der Waals surface area contributed by atoms with Crippen molar-refractivity contribution in [3.63, 3.8) is 0 Å². The zero-order valence-corrected chi connectivity index (χ0v) is 17.1. The smallest absolute Gasteiger partial charge is 0.303 e. The lowest BCUT2D eigenvalue weighted by molar-refractivity contribution is -0.141. The number of carboxylic acid groups (broad SMARTS) is 1. The molecule has 2 aromatic rings. The largest absolute Gasteiger partial charge is 0.497 e. The number of carbonyl (C=O) groups excluding carboxylic acids is 1. The zero-order chi connectivity index (χ0) is 21.7. The summed E-state index contributed by atoms with van der Waals surface area (Å²) >= 11 is 0. The Kier molecular flexibility index (Phi) is 6.56. The SMILES string of the molecule is COc1ccc(C2CC(c3ccc(OC)c(OC)c3)=NN2C(=O)CCC(=O)O)cc1. The van der Waals surface area contributed by atoms with Gasteiger partial charge in [-0.25, -0.2) is 5.01 Å². The second-order valence-electron chi connectivity index (χ2n) is 6.74. The normalized spacial score (nSPS) is 15.5. The molecular formula is C22H24N2O6. The molecule has 0 fully saturated rings. The highest BCUT2D eigenvalue weighted by Crippen LogP contribution is 2.36. The molecule has 1 N–H and O–H groups in total. The molecule has 30 heavy (non-hydrogen) atoms. The topological polar surface area (TPSA) is 97.7 Å². The van der Waals surface area contributed by atoms with Crippen LogP contribution in [-0.4, -0.2) is 49.0 Å². The summed E-state index contributed by atoms with van der Waals surface area (Å²) < 4.78 is 15.9. The summed E-state index contributed by atoms with van der Waals surface area (Å²) in [5.41, 5.74) is 2.40. The van der Waals surface area contributed by atoms with Gasteiger partial charge in [-0.2, -0.15) is 5.10 Å². The fraction of sp³-hybridized carbons (Fsp3) is 0.318. The number of rotatable bonds is 8. The van der Waals surface area contributed by atoms with E-state index < -0.39 is 5.97 Å². The van der Waals surface area contributed by atoms with Gasteiger partial charge >= 0.3 is 5.97 Å². The van der Waals surface area contributed by atoms with Crippen molar-refractivity contribution in [3.8, 4) is 17.2 Å². The summed E-state index contributed by atoms with van der Waals surface area (Å²) in [6.45, 7) is 0. The Balaban J connectivity index is 1.93. The lowest BCUT2D eigenvalue weighted by atomic mass is 9.98. The summed E-state index contributed by atoms with van der Waals surface area (Å²) in [5.74, 6) is 0.512. The monoisotopic (exact) mass is 412 g/mol. The van der Waals surface area contributed by atoms with Gasteiger partial charge in [0.1, 0.15) is 5.75 Å². The maximum Gasteiger partial charge on any atom is 0.303 e. The Bertz CT molecular complexity index is 955. The van der Waals surface area contributed by atoms with Crippen molar-refractivity contribution in [3.05, 3.63) is 53.6 Å². The zero-order valence-electron chi connectivity index (χ0n) is 17.1. The van der Waals surface area contributed by atoms with E-state index in [0.29, 0.717) is 29.4 Å². The molecule has 0 spiro atoms. The second-order valence-corrected chi connectivity index (χ2v) is 6.74. The Morgan fingerprint density at radius 3 is 2.30 bits per heavy atom. The maximum atomic E-state index is 12.7. The summed E-state index contributed by atoms with van der Waals surface area (Å²) in [5, 5.41) is 14.9. The first kappa shape index (κ1) is 21.2. The van der Waals surface area contributed by atoms with E-state index >= 15 is 0 Å². The van der Waals surface area contributed by atoms with Crippen molar-refractivity contribution in [2.45, 2.75) is 25.3 Å². The average molecular weight is 412 g/mol. The van der Waals surface area contributed by atoms with Crippen LogP contribution < -0.4 is 14.2 Å². The van der Waals surface area contributed by atoms with Gasteiger partial charge in [0.2, 0.25) is 5.91 Å². The van der Waals surface area contributed by atoms with Crippen molar-refractivity contribution >= 4 is 17.6 Å². The highest BCUT2D eigenvalue weighted by atomic mass is 16.5. The number of hydrogen-bond acceptors (Lipinski definition) is 6. The number of benzene rings is 2. The molecule has 0 saturated heterocycles. The van der Waals surface area contributed by atoms with Gasteiger partial charge in [-0.05, 0) is 35.9 Å². The molecule has 158 valence electrons. The number of amides is 1. The van der Waals surface area contributed by atoms with E-state index in [4.69, 9.17) is 19.3 Å². The molecule has 8 heteroatoms. The van der Waals surface area contributed by atoms with E-state index in [0.717, 1.165) is 11.1 Å². The lowest BCUT2D eigenvalue weighted by Crippen LogP contribution is -2.27. The Labute approximate surface area is 174 Å². The van der Waals surface area contributed by atoms with E-state index in [1.165, 1.54) is 5.01 Å². The Morgan fingerprint density at radius 1 is 1.00 bits per heavy atom. The third-order valence-electron chi connectivity index (χ3n) is 4.94. The first-order chi connectivity index (χ1) is 14.5. The molecular weight excluding hydrogens is 388 g/mol. The molecule has 0 bridgehead atoms. The molecule has 1 aliphatic heterocycles. The van der Waals surface area contributed by atoms with Crippen LogP contribution in [0.1, 0.15) is 36.4 Å². The first-order valence-electron chi connectivity index (χ1n) is 9.44. The van der Waals surface area contributed by atoms with E-state index in [9.17, 15) is 9.59 Å². The minimum Gasteiger partial charge on any atom is -0.497 e. The molecule has 3 rings (SSSR count). The van der Waals surface area contributed by atoms with Crippen molar-refractivity contribution in [2.24, 2.45) is 5.10 Å². The Hall–Kier alpha value is -3.55. The number of hydrazone groups is 1. The van der Waals surface area contributed by atoms with Gasteiger partial charge in [-0.15, -0.1) is 0 Å². The Morgan fingerprint density at radius 2 is 1.70 bits per heavy atom. The van der Waals surface area contributed by atoms with Gasteiger partial charge in [-0.3, -0.25) is 9.59 Å². The number of carbonyl (C=O) groups is 2. The van der Waals surface area contributed by atoms with Crippen LogP contribution in [0.5, 0.6) is 17.2 Å². The molecule has 2 aromatic carbocycles. The number of methoxy groups -OCH3 is 3. The molecule has 1 heterocycles. The number of carboxylic acids is 1. The van der Waals surface area contributed by atoms with E-state index in [-0.39, 0.29) is 24.8 Å². The fourth-order valence-corrected chi connectivity index (χ4v) is 3.34. The van der Waals surface area contributed by atoms with Crippen molar-refractivity contribution in [1.29, 1.82) is 0 Å². The highest BCUT2D eigenvalue weighted by Gasteiger charge is 2.33. The van der Waals surface area contributed by atoms with Crippen molar-refractivity contribution in [1.82, 2.24) is 5.01 Å². The average Bonchev–Trinajstić information content (AvgIpc) is 3.22. The van der Waals surface area contributed by atoms with Crippen LogP contribution in [0.25, 0.3) is 0 Å². The minimum atomic E-state index is -1.02. The highest BCUT2D eigenvalue weighted by molar-refractivity contribution is 6.03. The second kappa shape index (κ2) is 9.30. The van der Waals surface area contributed by atoms with Gasteiger partial charge in [0.15, 0.2) is 11.5 Å². The van der Waals surface area contributed by atoms with Gasteiger partial charge in [0, 0.05) is 18.4 Å². The number of hydrogen-bond donors (Lipinski definition) is 1. The standard InChI is InChI=1S/C22H24N2O6/c1-28-16-7-4-14(5-8-16)18-13-17(23-24(18)21(25)10-11-22(26)27)15-6-9-19(29-2)20(12-15)30-3/h4-9,12,18H,10-11,13H2,1-3H3,(H,26,27). The first-order valence-corrected chi connectivity index (χ1v) is 9.44. The molecule has 0 aromatic heterocycles. The molecule has 1 atom stereocenters. The van der Waals surface area contributed by atoms with Gasteiger partial charge < -0.3 is 19.3 Å². The van der Waals surface area contributed by atoms with Crippen molar-refractivity contribution in [2.75, 3.05) is 21.3 Å². The molecule has 1 unspecified atom stereocenters. The van der Waals surface area contributed by atoms with Gasteiger partial charge in [0.25, 0.3) is 0 Å². The summed E-state index contributed by atoms with van der Waals surface area (Å²) in [6, 6.07) is 12.5. The summed E-state index contributed by atoms with van der Waals surface area (Å²) in [7, 11) is 4.71. The summed E-state index contributed by atoms with van der Waals surface area (Å²) in [4.78, 5) is 23.7. The molecule has 1 amide bonds. The van der Waals surface area contributed by atoms with Crippen LogP contribution >= 0.6 is 0 Å². The van der Waals surface area contributed by atoms with Crippen LogP contribution in [0, 0.1) is 0 Å². The van der Waals surface area contributed by atoms with Crippen LogP contribution in [0.2, 0.25) is 0 Å². The van der Waals surface area contributed by atoms with Crippen LogP contribution in [0.3, 0.4) is 0 Å². The predicted octanol–water partition coefficient (Wildman–Crippen LogP) is 3.25. The van der Waals surface area contributed by atoms with Crippen molar-refractivity contribution < 1.29 is 28.9 Å². The van der Waals surface area contributed by atoms with Crippen LogP contribution in [0.4, 0.5) is 0 Å². The van der Waals surface area contributed by atoms with Gasteiger partial charge in [-0.1, -0.05) is 12.1 Å². The molecule has 0 saturated carbocycles. The number of nitrogens with zero attached hydrogens (tertiary/aromatic N) is 2. The molecule has 0 aliphatic carbocycles. The predicted molar refractivity (Wildman–Crippen MR) is 110 cm³/mol. The minimum absolute atomic E-state index is 0.120. The third kappa shape index (κ3) is 4.53. The van der Waals surface area contributed by atoms with Crippen LogP contribution in [-0.2, 0) is 9.59 Å². The molecule has 8 nitrogen and oxygen atoms in total. The van der Waals surface area contributed by atoms with Gasteiger partial charge in [0.05, 0.1) is 39.5 Å². The molecule has 0 radical (unpaired) electrons. The van der Waals surface area contributed by atoms with E-state index in [2.05, 4.69) is 5.10 Å². The number of ether oxygens (including phenoxy) is 3. The third-order valence-corrected chi connectivity index (χ3v) is 4.94. The maximum absolute atomic E-state index is 12.7. The van der Waals surface area contributed by atoms with E-state index in [1.54, 1.807) is 27.4 Å². The molecule has 1 aliphatic rings. The number of aliphatic carboxylic acids is 1. The fourth-order valence-electron chi connectivity index (χ4n) is 3.34.